The first-order valence-electron chi connectivity index (χ1n) is 16.1. The minimum atomic E-state index is -1.10. The van der Waals surface area contributed by atoms with Crippen LogP contribution >= 0.6 is 0 Å². The Kier molecular flexibility index (Phi) is 13.3. The fraction of sp³-hybridized carbons (Fsp3) is 0.594. The number of ether oxygens (including phenoxy) is 1. The average molecular weight is 624 g/mol. The molecule has 2 aliphatic rings. The van der Waals surface area contributed by atoms with Crippen molar-refractivity contribution in [2.75, 3.05) is 6.54 Å². The molecule has 4 amide bonds. The molecule has 4 N–H and O–H groups in total. The van der Waals surface area contributed by atoms with E-state index in [9.17, 15) is 24.0 Å². The van der Waals surface area contributed by atoms with Crippen LogP contribution in [0.3, 0.4) is 0 Å². The van der Waals surface area contributed by atoms with Crippen LogP contribution in [0, 0.1) is 5.92 Å². The van der Waals surface area contributed by atoms with E-state index in [4.69, 9.17) is 4.74 Å². The van der Waals surface area contributed by atoms with Crippen molar-refractivity contribution in [2.24, 2.45) is 5.92 Å². The number of hydrogen-bond donors (Lipinski definition) is 4. The number of aryl methyl sites for hydroxylation is 1. The number of benzene rings is 1. The zero-order valence-electron chi connectivity index (χ0n) is 25.7. The van der Waals surface area contributed by atoms with Gasteiger partial charge in [-0.15, -0.1) is 5.10 Å². The molecule has 0 saturated heterocycles. The van der Waals surface area contributed by atoms with Crippen LogP contribution in [0.1, 0.15) is 81.9 Å². The van der Waals surface area contributed by atoms with Gasteiger partial charge in [0.1, 0.15) is 25.0 Å². The Morgan fingerprint density at radius 2 is 1.76 bits per heavy atom. The monoisotopic (exact) mass is 623 g/mol. The molecule has 0 radical (unpaired) electrons. The smallest absolute Gasteiger partial charge is 0.408 e. The minimum absolute atomic E-state index is 0.0228. The molecule has 0 spiro atoms. The molecule has 1 aliphatic heterocycles. The zero-order valence-corrected chi connectivity index (χ0v) is 25.7. The Morgan fingerprint density at radius 1 is 0.978 bits per heavy atom. The molecule has 3 atom stereocenters. The lowest BCUT2D eigenvalue weighted by Crippen LogP contribution is -2.56. The summed E-state index contributed by atoms with van der Waals surface area (Å²) in [5.41, 5.74) is 1.29. The third-order valence-corrected chi connectivity index (χ3v) is 8.31. The highest BCUT2D eigenvalue weighted by Gasteiger charge is 2.31. The Balaban J connectivity index is 1.53. The average Bonchev–Trinajstić information content (AvgIpc) is 3.50. The van der Waals surface area contributed by atoms with Crippen LogP contribution in [-0.4, -0.2) is 69.8 Å². The third-order valence-electron chi connectivity index (χ3n) is 8.31. The van der Waals surface area contributed by atoms with E-state index < -0.39 is 36.0 Å². The highest BCUT2D eigenvalue weighted by molar-refractivity contribution is 5.92. The highest BCUT2D eigenvalue weighted by Crippen LogP contribution is 2.27. The van der Waals surface area contributed by atoms with Crippen LogP contribution in [0.25, 0.3) is 0 Å². The topological polar surface area (TPSA) is 173 Å². The van der Waals surface area contributed by atoms with Crippen molar-refractivity contribution in [1.29, 1.82) is 0 Å². The Morgan fingerprint density at radius 3 is 2.53 bits per heavy atom. The zero-order chi connectivity index (χ0) is 31.9. The summed E-state index contributed by atoms with van der Waals surface area (Å²) >= 11 is 0. The molecule has 1 aliphatic carbocycles. The first kappa shape index (κ1) is 33.6. The molecular formula is C32H45N7O6. The normalized spacial score (nSPS) is 23.1. The molecule has 13 heteroatoms. The van der Waals surface area contributed by atoms with Gasteiger partial charge in [0, 0.05) is 32.1 Å². The molecule has 244 valence electrons. The Labute approximate surface area is 263 Å². The van der Waals surface area contributed by atoms with Gasteiger partial charge in [0.05, 0.1) is 11.7 Å². The van der Waals surface area contributed by atoms with E-state index in [0.717, 1.165) is 56.9 Å². The number of amides is 4. The molecule has 2 bridgehead atoms. The second-order valence-electron chi connectivity index (χ2n) is 11.9. The lowest BCUT2D eigenvalue weighted by atomic mass is 9.84. The number of carbonyl (C=O) groups is 5. The third kappa shape index (κ3) is 11.6. The molecule has 4 rings (SSSR count). The molecule has 13 nitrogen and oxygen atoms in total. The van der Waals surface area contributed by atoms with Gasteiger partial charge in [-0.2, -0.15) is 0 Å². The lowest BCUT2D eigenvalue weighted by molar-refractivity contribution is -0.131. The van der Waals surface area contributed by atoms with E-state index in [-0.39, 0.29) is 37.7 Å². The van der Waals surface area contributed by atoms with Crippen LogP contribution < -0.4 is 21.3 Å². The van der Waals surface area contributed by atoms with E-state index >= 15 is 0 Å². The highest BCUT2D eigenvalue weighted by atomic mass is 16.5. The molecule has 2 heterocycles. The van der Waals surface area contributed by atoms with Gasteiger partial charge in [-0.05, 0) is 43.6 Å². The van der Waals surface area contributed by atoms with E-state index in [1.807, 2.05) is 30.3 Å². The summed E-state index contributed by atoms with van der Waals surface area (Å²) in [4.78, 5) is 64.3. The van der Waals surface area contributed by atoms with Crippen molar-refractivity contribution >= 4 is 30.1 Å². The summed E-state index contributed by atoms with van der Waals surface area (Å²) in [6.07, 6.45) is 9.78. The van der Waals surface area contributed by atoms with Gasteiger partial charge in [-0.1, -0.05) is 67.6 Å². The predicted molar refractivity (Wildman–Crippen MR) is 164 cm³/mol. The maximum Gasteiger partial charge on any atom is 0.408 e. The van der Waals surface area contributed by atoms with Crippen molar-refractivity contribution < 1.29 is 28.7 Å². The molecule has 1 aromatic carbocycles. The predicted octanol–water partition coefficient (Wildman–Crippen LogP) is 2.33. The minimum Gasteiger partial charge on any atom is -0.445 e. The van der Waals surface area contributed by atoms with Crippen LogP contribution in [0.4, 0.5) is 4.79 Å². The number of fused-ring (bicyclic) bond motifs is 2. The quantitative estimate of drug-likeness (QED) is 0.355. The number of alkyl carbamates (subject to hydrolysis) is 1. The van der Waals surface area contributed by atoms with Crippen molar-refractivity contribution in [3.8, 4) is 0 Å². The van der Waals surface area contributed by atoms with E-state index in [0.29, 0.717) is 31.5 Å². The van der Waals surface area contributed by atoms with Crippen LogP contribution in [0.2, 0.25) is 0 Å². The van der Waals surface area contributed by atoms with Crippen LogP contribution in [-0.2, 0) is 43.5 Å². The molecule has 1 aromatic heterocycles. The second-order valence-corrected chi connectivity index (χ2v) is 11.9. The van der Waals surface area contributed by atoms with E-state index in [1.165, 1.54) is 0 Å². The van der Waals surface area contributed by atoms with Crippen LogP contribution in [0.15, 0.2) is 36.5 Å². The molecule has 1 saturated carbocycles. The number of nitrogens with one attached hydrogen (secondary N) is 4. The summed E-state index contributed by atoms with van der Waals surface area (Å²) < 4.78 is 7.08. The maximum absolute atomic E-state index is 13.8. The summed E-state index contributed by atoms with van der Waals surface area (Å²) in [5.74, 6) is -1.04. The lowest BCUT2D eigenvalue weighted by Gasteiger charge is -2.28. The van der Waals surface area contributed by atoms with Crippen LogP contribution in [0.5, 0.6) is 0 Å². The van der Waals surface area contributed by atoms with E-state index in [1.54, 1.807) is 10.9 Å². The Bertz CT molecular complexity index is 1260. The number of rotatable bonds is 6. The van der Waals surface area contributed by atoms with Gasteiger partial charge in [-0.25, -0.2) is 4.79 Å². The number of aromatic nitrogens is 3. The van der Waals surface area contributed by atoms with Crippen molar-refractivity contribution in [2.45, 2.75) is 108 Å². The summed E-state index contributed by atoms with van der Waals surface area (Å²) in [6.45, 7) is 1.15. The molecule has 0 unspecified atom stereocenters. The number of aldehydes is 1. The van der Waals surface area contributed by atoms with Crippen molar-refractivity contribution in [1.82, 2.24) is 36.3 Å². The van der Waals surface area contributed by atoms with Gasteiger partial charge in [0.15, 0.2) is 0 Å². The number of carbonyl (C=O) groups excluding carboxylic acids is 5. The molecule has 2 aromatic rings. The van der Waals surface area contributed by atoms with Crippen molar-refractivity contribution in [3.05, 3.63) is 47.8 Å². The fourth-order valence-corrected chi connectivity index (χ4v) is 5.76. The standard InChI is InChI=1S/C32H45N7O6/c40-21-25-14-15-29(41)33-16-8-3-9-17-39-20-26(37-38-39)19-28(36-32(44)45-22-24-12-6-2-7-13-24)31(43)35-27(30(42)34-25)18-23-10-4-1-5-11-23/h2,6-7,12-13,20-21,23,25,27-28H,1,3-5,8-11,14-19,22H2,(H,33,41)(H,34,42)(H,35,43)(H,36,44)/t25-,27-,28-/m0/s1. The maximum atomic E-state index is 13.8. The summed E-state index contributed by atoms with van der Waals surface area (Å²) in [6, 6.07) is 6.27. The summed E-state index contributed by atoms with van der Waals surface area (Å²) in [7, 11) is 0. The van der Waals surface area contributed by atoms with Gasteiger partial charge in [0.2, 0.25) is 17.7 Å². The first-order chi connectivity index (χ1) is 21.9. The molecule has 1 fully saturated rings. The Hall–Kier alpha value is -4.29. The first-order valence-corrected chi connectivity index (χ1v) is 16.1. The number of hydrogen-bond acceptors (Lipinski definition) is 8. The molecule has 45 heavy (non-hydrogen) atoms. The van der Waals surface area contributed by atoms with Crippen molar-refractivity contribution in [3.63, 3.8) is 0 Å². The fourth-order valence-electron chi connectivity index (χ4n) is 5.76. The van der Waals surface area contributed by atoms with Gasteiger partial charge in [-0.3, -0.25) is 19.1 Å². The van der Waals surface area contributed by atoms with Gasteiger partial charge >= 0.3 is 6.09 Å². The molecular weight excluding hydrogens is 578 g/mol. The van der Waals surface area contributed by atoms with Gasteiger partial charge in [0.25, 0.3) is 0 Å². The van der Waals surface area contributed by atoms with E-state index in [2.05, 4.69) is 31.6 Å². The SMILES string of the molecule is O=C[C@@H]1CCC(=O)NCCCCCn2cc(nn2)C[C@H](NC(=O)OCc2ccccc2)C(=O)N[C@@H](CC2CCCCC2)C(=O)N1. The largest absolute Gasteiger partial charge is 0.445 e. The summed E-state index contributed by atoms with van der Waals surface area (Å²) in [5, 5.41) is 19.5. The number of nitrogens with zero attached hydrogens (tertiary/aromatic N) is 3. The van der Waals surface area contributed by atoms with Gasteiger partial charge < -0.3 is 30.8 Å². The second kappa shape index (κ2) is 17.9.